The standard InChI is InChI=1S/C4H7NO6S.C4H6O7S/c2*5-3(6)1-2(4(7)8)12(9,10)11/h2H,1H2,(H2,5,6)(H,7,8)(H,9,10,11);2H,1H2,(H,5,6)(H,7,8)(H,9,10,11). The Labute approximate surface area is 134 Å². The summed E-state index contributed by atoms with van der Waals surface area (Å²) in [6.07, 6.45) is -2.09. The van der Waals surface area contributed by atoms with E-state index in [2.05, 4.69) is 5.73 Å². The second-order valence-electron chi connectivity index (χ2n) is 3.95. The Kier molecular flexibility index (Phi) is 9.09. The highest BCUT2D eigenvalue weighted by molar-refractivity contribution is 7.87. The highest BCUT2D eigenvalue weighted by Gasteiger charge is 2.33. The van der Waals surface area contributed by atoms with Gasteiger partial charge >= 0.3 is 17.9 Å². The van der Waals surface area contributed by atoms with Crippen LogP contribution in [-0.2, 0) is 39.4 Å². The zero-order valence-corrected chi connectivity index (χ0v) is 13.1. The molecule has 0 radical (unpaired) electrons. The van der Waals surface area contributed by atoms with Gasteiger partial charge in [-0.3, -0.25) is 28.3 Å². The summed E-state index contributed by atoms with van der Waals surface area (Å²) in [6.45, 7) is 0. The number of primary amides is 1. The summed E-state index contributed by atoms with van der Waals surface area (Å²) in [5.74, 6) is -6.42. The molecule has 0 rings (SSSR count). The number of nitrogens with two attached hydrogens (primary N) is 1. The monoisotopic (exact) mass is 395 g/mol. The van der Waals surface area contributed by atoms with Crippen molar-refractivity contribution < 1.29 is 60.4 Å². The molecule has 0 aromatic carbocycles. The predicted octanol–water partition coefficient (Wildman–Crippen LogP) is -3.00. The first kappa shape index (κ1) is 24.0. The molecule has 0 aliphatic rings. The molecule has 1 amide bonds. The van der Waals surface area contributed by atoms with E-state index < -0.39 is 67.4 Å². The molecule has 7 N–H and O–H groups in total. The number of carboxylic acids is 3. The fourth-order valence-corrected chi connectivity index (χ4v) is 2.22. The number of amides is 1. The number of carboxylic acid groups (broad SMARTS) is 3. The number of carbonyl (C=O) groups is 4. The lowest BCUT2D eigenvalue weighted by Crippen LogP contribution is -2.34. The van der Waals surface area contributed by atoms with E-state index in [0.717, 1.165) is 0 Å². The molecule has 0 saturated carbocycles. The fraction of sp³-hybridized carbons (Fsp3) is 0.500. The van der Waals surface area contributed by atoms with E-state index in [9.17, 15) is 36.0 Å². The minimum atomic E-state index is -4.84. The molecule has 140 valence electrons. The van der Waals surface area contributed by atoms with E-state index in [0.29, 0.717) is 0 Å². The maximum atomic E-state index is 10.3. The number of carbonyl (C=O) groups excluding carboxylic acids is 1. The van der Waals surface area contributed by atoms with Crippen molar-refractivity contribution in [3.8, 4) is 0 Å². The Bertz CT molecular complexity index is 644. The lowest BCUT2D eigenvalue weighted by molar-refractivity contribution is -0.143. The van der Waals surface area contributed by atoms with E-state index in [1.807, 2.05) is 0 Å². The maximum Gasteiger partial charge on any atom is 0.325 e. The van der Waals surface area contributed by atoms with Gasteiger partial charge in [-0.1, -0.05) is 0 Å². The van der Waals surface area contributed by atoms with Crippen LogP contribution in [0.25, 0.3) is 0 Å². The summed E-state index contributed by atoms with van der Waals surface area (Å²) >= 11 is 0. The van der Waals surface area contributed by atoms with Crippen molar-refractivity contribution in [3.05, 3.63) is 0 Å². The molecule has 2 unspecified atom stereocenters. The summed E-state index contributed by atoms with van der Waals surface area (Å²) in [7, 11) is -9.60. The van der Waals surface area contributed by atoms with Gasteiger partial charge in [0.15, 0.2) is 10.5 Å². The van der Waals surface area contributed by atoms with Gasteiger partial charge in [0, 0.05) is 0 Å². The van der Waals surface area contributed by atoms with Gasteiger partial charge in [-0.05, 0) is 0 Å². The van der Waals surface area contributed by atoms with Crippen LogP contribution >= 0.6 is 0 Å². The molecule has 24 heavy (non-hydrogen) atoms. The molecule has 14 nitrogen and oxygen atoms in total. The summed E-state index contributed by atoms with van der Waals surface area (Å²) in [4.78, 5) is 40.3. The Morgan fingerprint density at radius 1 is 0.750 bits per heavy atom. The van der Waals surface area contributed by atoms with E-state index in [1.165, 1.54) is 0 Å². The van der Waals surface area contributed by atoms with Gasteiger partial charge in [0.25, 0.3) is 20.2 Å². The molecular weight excluding hydrogens is 382 g/mol. The molecule has 0 fully saturated rings. The summed E-state index contributed by atoms with van der Waals surface area (Å²) in [5.41, 5.74) is 4.55. The van der Waals surface area contributed by atoms with Crippen LogP contribution < -0.4 is 5.73 Å². The highest BCUT2D eigenvalue weighted by Crippen LogP contribution is 2.04. The lowest BCUT2D eigenvalue weighted by atomic mass is 10.3. The van der Waals surface area contributed by atoms with Crippen LogP contribution in [0.3, 0.4) is 0 Å². The van der Waals surface area contributed by atoms with Crippen molar-refractivity contribution >= 4 is 44.1 Å². The van der Waals surface area contributed by atoms with Gasteiger partial charge in [0.05, 0.1) is 12.8 Å². The minimum Gasteiger partial charge on any atom is -0.481 e. The molecule has 16 heteroatoms. The zero-order chi connectivity index (χ0) is 19.9. The topological polar surface area (TPSA) is 264 Å². The Balaban J connectivity index is 0. The molecule has 0 aromatic heterocycles. The zero-order valence-electron chi connectivity index (χ0n) is 11.5. The van der Waals surface area contributed by atoms with Gasteiger partial charge in [-0.2, -0.15) is 16.8 Å². The predicted molar refractivity (Wildman–Crippen MR) is 72.0 cm³/mol. The van der Waals surface area contributed by atoms with Crippen molar-refractivity contribution in [1.29, 1.82) is 0 Å². The molecule has 0 aliphatic carbocycles. The second-order valence-corrected chi connectivity index (χ2v) is 7.15. The number of hydrogen-bond acceptors (Lipinski definition) is 8. The average Bonchev–Trinajstić information content (AvgIpc) is 2.30. The van der Waals surface area contributed by atoms with Crippen molar-refractivity contribution in [3.63, 3.8) is 0 Å². The third kappa shape index (κ3) is 10.4. The van der Waals surface area contributed by atoms with Gasteiger partial charge in [-0.25, -0.2) is 0 Å². The van der Waals surface area contributed by atoms with Crippen LogP contribution in [0.15, 0.2) is 0 Å². The fourth-order valence-electron chi connectivity index (χ4n) is 0.981. The van der Waals surface area contributed by atoms with E-state index in [1.54, 1.807) is 0 Å². The smallest absolute Gasteiger partial charge is 0.325 e. The van der Waals surface area contributed by atoms with E-state index >= 15 is 0 Å². The molecule has 0 aromatic rings. The molecule has 2 atom stereocenters. The van der Waals surface area contributed by atoms with Gasteiger partial charge < -0.3 is 21.1 Å². The SMILES string of the molecule is NC(=O)CC(C(=O)O)S(=O)(=O)O.O=C(O)CC(C(=O)O)S(=O)(=O)O. The molecular formula is C8H13NO13S2. The quantitative estimate of drug-likeness (QED) is 0.224. The first-order chi connectivity index (χ1) is 10.5. The van der Waals surface area contributed by atoms with Crippen molar-refractivity contribution in [1.82, 2.24) is 0 Å². The van der Waals surface area contributed by atoms with E-state index in [4.69, 9.17) is 24.4 Å². The third-order valence-corrected chi connectivity index (χ3v) is 4.19. The Hall–Kier alpha value is -2.30. The Morgan fingerprint density at radius 3 is 1.12 bits per heavy atom. The van der Waals surface area contributed by atoms with Crippen molar-refractivity contribution in [2.24, 2.45) is 5.73 Å². The van der Waals surface area contributed by atoms with Crippen LogP contribution in [0.5, 0.6) is 0 Å². The number of hydrogen-bond donors (Lipinski definition) is 6. The average molecular weight is 395 g/mol. The Morgan fingerprint density at radius 2 is 1.04 bits per heavy atom. The molecule has 0 spiro atoms. The largest absolute Gasteiger partial charge is 0.481 e. The normalized spacial score (nSPS) is 13.8. The molecule has 0 bridgehead atoms. The third-order valence-electron chi connectivity index (χ3n) is 2.02. The molecule has 0 aliphatic heterocycles. The highest BCUT2D eigenvalue weighted by atomic mass is 32.2. The van der Waals surface area contributed by atoms with Crippen LogP contribution in [-0.4, -0.2) is 75.6 Å². The van der Waals surface area contributed by atoms with Gasteiger partial charge in [-0.15, -0.1) is 0 Å². The van der Waals surface area contributed by atoms with Crippen LogP contribution in [0, 0.1) is 0 Å². The molecule has 0 heterocycles. The summed E-state index contributed by atoms with van der Waals surface area (Å²) < 4.78 is 57.5. The maximum absolute atomic E-state index is 10.3. The second kappa shape index (κ2) is 9.11. The van der Waals surface area contributed by atoms with E-state index in [-0.39, 0.29) is 0 Å². The van der Waals surface area contributed by atoms with Crippen LogP contribution in [0.4, 0.5) is 0 Å². The summed E-state index contributed by atoms with van der Waals surface area (Å²) in [6, 6.07) is 0. The first-order valence-electron chi connectivity index (χ1n) is 5.38. The summed E-state index contributed by atoms with van der Waals surface area (Å²) in [5, 5.41) is 20.0. The lowest BCUT2D eigenvalue weighted by Gasteiger charge is -2.04. The number of aliphatic carboxylic acids is 3. The van der Waals surface area contributed by atoms with Gasteiger partial charge in [0.1, 0.15) is 0 Å². The van der Waals surface area contributed by atoms with Crippen LogP contribution in [0.1, 0.15) is 12.8 Å². The first-order valence-corrected chi connectivity index (χ1v) is 8.39. The molecule has 0 saturated heterocycles. The minimum absolute atomic E-state index is 0.936. The van der Waals surface area contributed by atoms with Gasteiger partial charge in [0.2, 0.25) is 5.91 Å². The van der Waals surface area contributed by atoms with Crippen LogP contribution in [0.2, 0.25) is 0 Å². The van der Waals surface area contributed by atoms with Crippen molar-refractivity contribution in [2.75, 3.05) is 0 Å². The number of rotatable bonds is 8. The van der Waals surface area contributed by atoms with Crippen molar-refractivity contribution in [2.45, 2.75) is 23.3 Å².